The molecule has 0 radical (unpaired) electrons. The van der Waals surface area contributed by atoms with Gasteiger partial charge in [-0.25, -0.2) is 0 Å². The highest BCUT2D eigenvalue weighted by Gasteiger charge is 2.41. The zero-order valence-corrected chi connectivity index (χ0v) is 13.7. The van der Waals surface area contributed by atoms with Gasteiger partial charge in [0.1, 0.15) is 6.17 Å². The summed E-state index contributed by atoms with van der Waals surface area (Å²) in [5.74, 6) is 0.713. The number of amides is 1. The Hall–Kier alpha value is -1.35. The SMILES string of the molecule is CCCCC1NC(c2ccccc2)N(C(C)C(C)C)C1=O. The van der Waals surface area contributed by atoms with Gasteiger partial charge < -0.3 is 4.90 Å². The lowest BCUT2D eigenvalue weighted by Crippen LogP contribution is -2.41. The minimum Gasteiger partial charge on any atom is -0.319 e. The first-order chi connectivity index (χ1) is 10.1. The van der Waals surface area contributed by atoms with Crippen LogP contribution in [0.25, 0.3) is 0 Å². The van der Waals surface area contributed by atoms with Crippen LogP contribution in [0.15, 0.2) is 30.3 Å². The summed E-state index contributed by atoms with van der Waals surface area (Å²) in [4.78, 5) is 14.9. The standard InChI is InChI=1S/C18H28N2O/c1-5-6-12-16-18(21)20(14(4)13(2)3)17(19-16)15-10-8-7-9-11-15/h7-11,13-14,16-17,19H,5-6,12H2,1-4H3. The molecule has 2 rings (SSSR count). The lowest BCUT2D eigenvalue weighted by molar-refractivity contribution is -0.133. The number of hydrogen-bond acceptors (Lipinski definition) is 2. The molecule has 0 bridgehead atoms. The van der Waals surface area contributed by atoms with Gasteiger partial charge in [0.2, 0.25) is 5.91 Å². The predicted molar refractivity (Wildman–Crippen MR) is 86.8 cm³/mol. The Morgan fingerprint density at radius 3 is 2.43 bits per heavy atom. The van der Waals surface area contributed by atoms with Crippen LogP contribution >= 0.6 is 0 Å². The van der Waals surface area contributed by atoms with Crippen LogP contribution in [0.4, 0.5) is 0 Å². The smallest absolute Gasteiger partial charge is 0.241 e. The third-order valence-corrected chi connectivity index (χ3v) is 4.56. The molecule has 116 valence electrons. The molecule has 1 amide bonds. The van der Waals surface area contributed by atoms with Gasteiger partial charge in [0, 0.05) is 6.04 Å². The number of nitrogens with zero attached hydrogens (tertiary/aromatic N) is 1. The van der Waals surface area contributed by atoms with E-state index in [-0.39, 0.29) is 24.2 Å². The quantitative estimate of drug-likeness (QED) is 0.865. The molecule has 1 aromatic rings. The fourth-order valence-corrected chi connectivity index (χ4v) is 2.91. The van der Waals surface area contributed by atoms with E-state index in [9.17, 15) is 4.79 Å². The van der Waals surface area contributed by atoms with Crippen LogP contribution in [0.5, 0.6) is 0 Å². The molecule has 3 nitrogen and oxygen atoms in total. The Morgan fingerprint density at radius 2 is 1.86 bits per heavy atom. The molecule has 0 aliphatic carbocycles. The molecular formula is C18H28N2O. The number of rotatable bonds is 6. The average Bonchev–Trinajstić information content (AvgIpc) is 2.82. The van der Waals surface area contributed by atoms with Gasteiger partial charge in [-0.15, -0.1) is 0 Å². The number of carbonyl (C=O) groups excluding carboxylic acids is 1. The van der Waals surface area contributed by atoms with Crippen molar-refractivity contribution in [3.05, 3.63) is 35.9 Å². The van der Waals surface area contributed by atoms with Gasteiger partial charge in [-0.2, -0.15) is 0 Å². The largest absolute Gasteiger partial charge is 0.319 e. The molecule has 1 aromatic carbocycles. The number of nitrogens with one attached hydrogen (secondary N) is 1. The summed E-state index contributed by atoms with van der Waals surface area (Å²) in [5, 5.41) is 3.55. The number of benzene rings is 1. The summed E-state index contributed by atoms with van der Waals surface area (Å²) in [6.07, 6.45) is 3.16. The third kappa shape index (κ3) is 3.46. The lowest BCUT2D eigenvalue weighted by Gasteiger charge is -2.33. The molecule has 1 heterocycles. The van der Waals surface area contributed by atoms with E-state index >= 15 is 0 Å². The van der Waals surface area contributed by atoms with Gasteiger partial charge in [-0.3, -0.25) is 10.1 Å². The molecule has 1 N–H and O–H groups in total. The van der Waals surface area contributed by atoms with Crippen molar-refractivity contribution in [1.82, 2.24) is 10.2 Å². The second-order valence-corrected chi connectivity index (χ2v) is 6.40. The summed E-state index contributed by atoms with van der Waals surface area (Å²) in [6, 6.07) is 10.5. The minimum absolute atomic E-state index is 0.0120. The van der Waals surface area contributed by atoms with Crippen molar-refractivity contribution in [3.8, 4) is 0 Å². The van der Waals surface area contributed by atoms with Crippen molar-refractivity contribution in [1.29, 1.82) is 0 Å². The monoisotopic (exact) mass is 288 g/mol. The molecule has 3 unspecified atom stereocenters. The highest BCUT2D eigenvalue weighted by atomic mass is 16.2. The van der Waals surface area contributed by atoms with Crippen molar-refractivity contribution >= 4 is 5.91 Å². The van der Waals surface area contributed by atoms with E-state index in [4.69, 9.17) is 0 Å². The summed E-state index contributed by atoms with van der Waals surface area (Å²) in [5.41, 5.74) is 1.18. The highest BCUT2D eigenvalue weighted by Crippen LogP contribution is 2.31. The van der Waals surface area contributed by atoms with Gasteiger partial charge in [0.25, 0.3) is 0 Å². The first kappa shape index (κ1) is 16.0. The Morgan fingerprint density at radius 1 is 1.19 bits per heavy atom. The average molecular weight is 288 g/mol. The van der Waals surface area contributed by atoms with E-state index < -0.39 is 0 Å². The van der Waals surface area contributed by atoms with Crippen molar-refractivity contribution < 1.29 is 4.79 Å². The molecule has 0 spiro atoms. The van der Waals surface area contributed by atoms with Crippen LogP contribution in [-0.4, -0.2) is 22.9 Å². The maximum absolute atomic E-state index is 12.8. The van der Waals surface area contributed by atoms with Crippen molar-refractivity contribution in [2.24, 2.45) is 5.92 Å². The Bertz CT molecular complexity index is 458. The molecule has 1 fully saturated rings. The van der Waals surface area contributed by atoms with Crippen LogP contribution < -0.4 is 5.32 Å². The van der Waals surface area contributed by atoms with E-state index in [2.05, 4.69) is 50.0 Å². The third-order valence-electron chi connectivity index (χ3n) is 4.56. The zero-order chi connectivity index (χ0) is 15.4. The molecule has 3 heteroatoms. The van der Waals surface area contributed by atoms with E-state index in [0.29, 0.717) is 5.92 Å². The van der Waals surface area contributed by atoms with Crippen molar-refractivity contribution in [3.63, 3.8) is 0 Å². The van der Waals surface area contributed by atoms with Crippen molar-refractivity contribution in [2.75, 3.05) is 0 Å². The maximum atomic E-state index is 12.8. The van der Waals surface area contributed by atoms with Gasteiger partial charge in [-0.05, 0) is 24.8 Å². The zero-order valence-electron chi connectivity index (χ0n) is 13.7. The van der Waals surface area contributed by atoms with E-state index in [1.807, 2.05) is 18.2 Å². The Balaban J connectivity index is 2.25. The van der Waals surface area contributed by atoms with Gasteiger partial charge in [0.15, 0.2) is 0 Å². The summed E-state index contributed by atoms with van der Waals surface area (Å²) >= 11 is 0. The molecule has 3 atom stereocenters. The van der Waals surface area contributed by atoms with Gasteiger partial charge >= 0.3 is 0 Å². The normalized spacial score (nSPS) is 23.9. The molecule has 1 aliphatic rings. The molecule has 0 aromatic heterocycles. The number of carbonyl (C=O) groups is 1. The van der Waals surface area contributed by atoms with E-state index in [1.54, 1.807) is 0 Å². The summed E-state index contributed by atoms with van der Waals surface area (Å²) in [6.45, 7) is 8.68. The summed E-state index contributed by atoms with van der Waals surface area (Å²) in [7, 11) is 0. The predicted octanol–water partition coefficient (Wildman–Crippen LogP) is 3.72. The molecule has 0 saturated carbocycles. The second-order valence-electron chi connectivity index (χ2n) is 6.40. The first-order valence-electron chi connectivity index (χ1n) is 8.19. The Kier molecular flexibility index (Phi) is 5.40. The van der Waals surface area contributed by atoms with Crippen LogP contribution in [0.2, 0.25) is 0 Å². The van der Waals surface area contributed by atoms with E-state index in [1.165, 1.54) is 5.56 Å². The molecule has 1 aliphatic heterocycles. The fourth-order valence-electron chi connectivity index (χ4n) is 2.91. The van der Waals surface area contributed by atoms with Crippen LogP contribution in [0.3, 0.4) is 0 Å². The maximum Gasteiger partial charge on any atom is 0.241 e. The van der Waals surface area contributed by atoms with Gasteiger partial charge in [-0.1, -0.05) is 63.9 Å². The molecule has 1 saturated heterocycles. The fraction of sp³-hybridized carbons (Fsp3) is 0.611. The first-order valence-corrected chi connectivity index (χ1v) is 8.19. The van der Waals surface area contributed by atoms with Crippen LogP contribution in [0, 0.1) is 5.92 Å². The highest BCUT2D eigenvalue weighted by molar-refractivity contribution is 5.84. The number of hydrogen-bond donors (Lipinski definition) is 1. The second kappa shape index (κ2) is 7.08. The molecule has 21 heavy (non-hydrogen) atoms. The van der Waals surface area contributed by atoms with Crippen molar-refractivity contribution in [2.45, 2.75) is 65.2 Å². The molecular weight excluding hydrogens is 260 g/mol. The van der Waals surface area contributed by atoms with Crippen LogP contribution in [0.1, 0.15) is 58.7 Å². The number of unbranched alkanes of at least 4 members (excludes halogenated alkanes) is 1. The van der Waals surface area contributed by atoms with Gasteiger partial charge in [0.05, 0.1) is 6.04 Å². The summed E-state index contributed by atoms with van der Waals surface area (Å²) < 4.78 is 0. The topological polar surface area (TPSA) is 32.3 Å². The van der Waals surface area contributed by atoms with E-state index in [0.717, 1.165) is 19.3 Å². The lowest BCUT2D eigenvalue weighted by atomic mass is 10.0. The Labute approximate surface area is 128 Å². The minimum atomic E-state index is -0.0312. The van der Waals surface area contributed by atoms with Crippen LogP contribution in [-0.2, 0) is 4.79 Å².